The van der Waals surface area contributed by atoms with E-state index in [0.29, 0.717) is 34.8 Å². The third-order valence-corrected chi connectivity index (χ3v) is 4.84. The van der Waals surface area contributed by atoms with Crippen LogP contribution >= 0.6 is 0 Å². The van der Waals surface area contributed by atoms with Gasteiger partial charge in [-0.3, -0.25) is 10.1 Å². The Morgan fingerprint density at radius 3 is 2.62 bits per heavy atom. The molecule has 0 unspecified atom stereocenters. The van der Waals surface area contributed by atoms with Gasteiger partial charge in [0, 0.05) is 34.7 Å². The van der Waals surface area contributed by atoms with Crippen LogP contribution in [0.4, 0.5) is 5.69 Å². The maximum Gasteiger partial charge on any atom is 0.336 e. The molecule has 0 N–H and O–H groups in total. The van der Waals surface area contributed by atoms with Gasteiger partial charge in [0.05, 0.1) is 4.92 Å². The number of nitro groups is 1. The summed E-state index contributed by atoms with van der Waals surface area (Å²) in [6.07, 6.45) is 2.10. The Labute approximate surface area is 168 Å². The predicted octanol–water partition coefficient (Wildman–Crippen LogP) is 5.44. The first-order valence-electron chi connectivity index (χ1n) is 9.38. The van der Waals surface area contributed by atoms with Crippen LogP contribution in [0.1, 0.15) is 42.0 Å². The Morgan fingerprint density at radius 1 is 1.21 bits per heavy atom. The van der Waals surface area contributed by atoms with E-state index in [4.69, 9.17) is 9.15 Å². The Kier molecular flexibility index (Phi) is 5.82. The second-order valence-electron chi connectivity index (χ2n) is 7.28. The van der Waals surface area contributed by atoms with Gasteiger partial charge < -0.3 is 9.15 Å². The number of benzene rings is 2. The monoisotopic (exact) mass is 393 g/mol. The van der Waals surface area contributed by atoms with Gasteiger partial charge in [-0.15, -0.1) is 6.58 Å². The Hall–Kier alpha value is -3.41. The molecule has 0 bridgehead atoms. The molecular weight excluding hydrogens is 370 g/mol. The second-order valence-corrected chi connectivity index (χ2v) is 7.28. The van der Waals surface area contributed by atoms with Crippen LogP contribution < -0.4 is 10.4 Å². The lowest BCUT2D eigenvalue weighted by molar-refractivity contribution is -0.384. The van der Waals surface area contributed by atoms with Crippen LogP contribution in [-0.4, -0.2) is 4.92 Å². The van der Waals surface area contributed by atoms with Crippen molar-refractivity contribution in [1.82, 2.24) is 0 Å². The lowest BCUT2D eigenvalue weighted by atomic mass is 9.95. The molecule has 3 aromatic rings. The first-order chi connectivity index (χ1) is 13.8. The fourth-order valence-electron chi connectivity index (χ4n) is 3.42. The van der Waals surface area contributed by atoms with Gasteiger partial charge in [0.2, 0.25) is 0 Å². The SMILES string of the molecule is C=CCc1cc([N+](=O)[O-])ccc1OCc1cc(=O)oc2cc(C)c(C(C)C)cc12. The Morgan fingerprint density at radius 2 is 1.97 bits per heavy atom. The van der Waals surface area contributed by atoms with Crippen LogP contribution in [0, 0.1) is 17.0 Å². The maximum atomic E-state index is 12.0. The number of aryl methyl sites for hydroxylation is 1. The van der Waals surface area contributed by atoms with E-state index >= 15 is 0 Å². The first-order valence-corrected chi connectivity index (χ1v) is 9.38. The zero-order valence-electron chi connectivity index (χ0n) is 16.7. The molecular formula is C23H23NO5. The molecule has 29 heavy (non-hydrogen) atoms. The lowest BCUT2D eigenvalue weighted by Crippen LogP contribution is -2.06. The van der Waals surface area contributed by atoms with E-state index in [1.54, 1.807) is 12.1 Å². The zero-order valence-corrected chi connectivity index (χ0v) is 16.7. The molecule has 6 nitrogen and oxygen atoms in total. The van der Waals surface area contributed by atoms with Gasteiger partial charge in [0.15, 0.2) is 0 Å². The van der Waals surface area contributed by atoms with Crippen molar-refractivity contribution in [3.8, 4) is 5.75 Å². The summed E-state index contributed by atoms with van der Waals surface area (Å²) < 4.78 is 11.3. The Balaban J connectivity index is 2.00. The summed E-state index contributed by atoms with van der Waals surface area (Å²) in [6.45, 7) is 10.1. The molecule has 0 aliphatic rings. The molecule has 2 aromatic carbocycles. The van der Waals surface area contributed by atoms with Crippen LogP contribution in [0.2, 0.25) is 0 Å². The van der Waals surface area contributed by atoms with Crippen molar-refractivity contribution >= 4 is 16.7 Å². The highest BCUT2D eigenvalue weighted by atomic mass is 16.6. The highest BCUT2D eigenvalue weighted by molar-refractivity contribution is 5.82. The first kappa shape index (κ1) is 20.3. The summed E-state index contributed by atoms with van der Waals surface area (Å²) in [6, 6.07) is 9.81. The summed E-state index contributed by atoms with van der Waals surface area (Å²) in [5.41, 5.74) is 3.70. The second kappa shape index (κ2) is 8.31. The van der Waals surface area contributed by atoms with Crippen LogP contribution in [-0.2, 0) is 13.0 Å². The minimum absolute atomic E-state index is 0.00273. The van der Waals surface area contributed by atoms with Crippen molar-refractivity contribution < 1.29 is 14.1 Å². The number of hydrogen-bond donors (Lipinski definition) is 0. The third-order valence-electron chi connectivity index (χ3n) is 4.84. The number of rotatable bonds is 7. The van der Waals surface area contributed by atoms with E-state index in [1.807, 2.05) is 19.1 Å². The summed E-state index contributed by atoms with van der Waals surface area (Å²) >= 11 is 0. The van der Waals surface area contributed by atoms with Crippen molar-refractivity contribution in [3.05, 3.63) is 91.8 Å². The van der Waals surface area contributed by atoms with Gasteiger partial charge in [0.1, 0.15) is 17.9 Å². The number of nitrogens with zero attached hydrogens (tertiary/aromatic N) is 1. The van der Waals surface area contributed by atoms with Gasteiger partial charge in [-0.05, 0) is 48.6 Å². The minimum atomic E-state index is -0.442. The van der Waals surface area contributed by atoms with Crippen molar-refractivity contribution in [2.24, 2.45) is 0 Å². The molecule has 1 heterocycles. The van der Waals surface area contributed by atoms with E-state index in [9.17, 15) is 14.9 Å². The third kappa shape index (κ3) is 4.37. The predicted molar refractivity (Wildman–Crippen MR) is 113 cm³/mol. The van der Waals surface area contributed by atoms with Crippen LogP contribution in [0.15, 0.2) is 58.3 Å². The number of fused-ring (bicyclic) bond motifs is 1. The van der Waals surface area contributed by atoms with E-state index < -0.39 is 10.5 Å². The molecule has 1 aromatic heterocycles. The maximum absolute atomic E-state index is 12.0. The average molecular weight is 393 g/mol. The summed E-state index contributed by atoms with van der Waals surface area (Å²) in [5, 5.41) is 11.9. The van der Waals surface area contributed by atoms with Crippen molar-refractivity contribution in [2.75, 3.05) is 0 Å². The average Bonchev–Trinajstić information content (AvgIpc) is 2.65. The Bertz CT molecular complexity index is 1140. The van der Waals surface area contributed by atoms with E-state index in [2.05, 4.69) is 20.4 Å². The van der Waals surface area contributed by atoms with E-state index in [-0.39, 0.29) is 12.3 Å². The molecule has 0 saturated heterocycles. The highest BCUT2D eigenvalue weighted by Gasteiger charge is 2.14. The smallest absolute Gasteiger partial charge is 0.336 e. The van der Waals surface area contributed by atoms with Crippen LogP contribution in [0.25, 0.3) is 11.0 Å². The number of allylic oxidation sites excluding steroid dienone is 1. The standard InChI is InChI=1S/C23H23NO5/c1-5-6-16-10-18(24(26)27)7-8-21(16)28-13-17-11-23(25)29-22-9-15(4)19(14(2)3)12-20(17)22/h5,7-12,14H,1,6,13H2,2-4H3. The largest absolute Gasteiger partial charge is 0.489 e. The molecule has 0 saturated carbocycles. The fraction of sp³-hybridized carbons (Fsp3) is 0.261. The molecule has 0 aliphatic carbocycles. The van der Waals surface area contributed by atoms with Crippen LogP contribution in [0.5, 0.6) is 5.75 Å². The quantitative estimate of drug-likeness (QED) is 0.231. The van der Waals surface area contributed by atoms with Crippen molar-refractivity contribution in [1.29, 1.82) is 0 Å². The molecule has 0 radical (unpaired) electrons. The van der Waals surface area contributed by atoms with Gasteiger partial charge in [-0.1, -0.05) is 19.9 Å². The van der Waals surface area contributed by atoms with Gasteiger partial charge >= 0.3 is 5.63 Å². The fourth-order valence-corrected chi connectivity index (χ4v) is 3.42. The van der Waals surface area contributed by atoms with E-state index in [0.717, 1.165) is 10.9 Å². The molecule has 0 fully saturated rings. The molecule has 150 valence electrons. The van der Waals surface area contributed by atoms with Gasteiger partial charge in [-0.2, -0.15) is 0 Å². The normalized spacial score (nSPS) is 11.0. The number of ether oxygens (including phenoxy) is 1. The van der Waals surface area contributed by atoms with Crippen molar-refractivity contribution in [2.45, 2.75) is 39.7 Å². The lowest BCUT2D eigenvalue weighted by Gasteiger charge is -2.14. The topological polar surface area (TPSA) is 82.6 Å². The molecule has 3 rings (SSSR count). The van der Waals surface area contributed by atoms with Crippen LogP contribution in [0.3, 0.4) is 0 Å². The van der Waals surface area contributed by atoms with E-state index in [1.165, 1.54) is 23.8 Å². The molecule has 0 aliphatic heterocycles. The molecule has 0 spiro atoms. The summed E-state index contributed by atoms with van der Waals surface area (Å²) in [5.74, 6) is 0.849. The molecule has 6 heteroatoms. The summed E-state index contributed by atoms with van der Waals surface area (Å²) in [7, 11) is 0. The number of nitro benzene ring substituents is 1. The zero-order chi connectivity index (χ0) is 21.1. The summed E-state index contributed by atoms with van der Waals surface area (Å²) in [4.78, 5) is 22.6. The van der Waals surface area contributed by atoms with Crippen molar-refractivity contribution in [3.63, 3.8) is 0 Å². The minimum Gasteiger partial charge on any atom is -0.489 e. The number of non-ortho nitro benzene ring substituents is 1. The van der Waals surface area contributed by atoms with Gasteiger partial charge in [0.25, 0.3) is 5.69 Å². The highest BCUT2D eigenvalue weighted by Crippen LogP contribution is 2.29. The molecule has 0 amide bonds. The van der Waals surface area contributed by atoms with Gasteiger partial charge in [-0.25, -0.2) is 4.79 Å². The number of hydrogen-bond acceptors (Lipinski definition) is 5. The molecule has 0 atom stereocenters.